The van der Waals surface area contributed by atoms with Crippen LogP contribution >= 0.6 is 11.6 Å². The molecule has 31 heavy (non-hydrogen) atoms. The number of aromatic amines is 1. The number of sulfonamides is 1. The van der Waals surface area contributed by atoms with E-state index in [1.165, 1.54) is 4.31 Å². The second kappa shape index (κ2) is 8.10. The second-order valence-corrected chi connectivity index (χ2v) is 9.55. The first-order chi connectivity index (χ1) is 14.7. The van der Waals surface area contributed by atoms with Gasteiger partial charge in [0, 0.05) is 30.1 Å². The summed E-state index contributed by atoms with van der Waals surface area (Å²) in [7, 11) is -3.81. The molecule has 0 radical (unpaired) electrons. The minimum Gasteiger partial charge on any atom is -0.461 e. The standard InChI is InChI=1S/C20H22ClN5O4S/c1-4-30-20(27)18-16-11-25(31(28,29)19-12(2)22-23-13(19)3)10-9-17(16)26(24-18)15-7-5-14(21)6-8-15/h5-8H,4,9-11H2,1-3H3,(H,22,23). The van der Waals surface area contributed by atoms with Crippen LogP contribution in [0.2, 0.25) is 5.02 Å². The lowest BCUT2D eigenvalue weighted by atomic mass is 10.1. The van der Waals surface area contributed by atoms with Gasteiger partial charge in [-0.3, -0.25) is 5.10 Å². The quantitative estimate of drug-likeness (QED) is 0.582. The van der Waals surface area contributed by atoms with Gasteiger partial charge in [0.15, 0.2) is 5.69 Å². The number of hydrogen-bond acceptors (Lipinski definition) is 6. The van der Waals surface area contributed by atoms with Gasteiger partial charge in [-0.15, -0.1) is 0 Å². The number of carbonyl (C=O) groups is 1. The zero-order valence-corrected chi connectivity index (χ0v) is 18.9. The van der Waals surface area contributed by atoms with E-state index < -0.39 is 16.0 Å². The molecule has 4 rings (SSSR count). The summed E-state index contributed by atoms with van der Waals surface area (Å²) < 4.78 is 34.9. The van der Waals surface area contributed by atoms with Crippen LogP contribution in [0.3, 0.4) is 0 Å². The van der Waals surface area contributed by atoms with E-state index in [-0.39, 0.29) is 30.3 Å². The van der Waals surface area contributed by atoms with Gasteiger partial charge in [-0.05, 0) is 45.0 Å². The van der Waals surface area contributed by atoms with E-state index in [0.717, 1.165) is 11.4 Å². The zero-order valence-electron chi connectivity index (χ0n) is 17.3. The van der Waals surface area contributed by atoms with Crippen molar-refractivity contribution in [1.29, 1.82) is 0 Å². The molecular weight excluding hydrogens is 442 g/mol. The molecule has 164 valence electrons. The highest BCUT2D eigenvalue weighted by atomic mass is 35.5. The van der Waals surface area contributed by atoms with Crippen molar-refractivity contribution in [3.63, 3.8) is 0 Å². The van der Waals surface area contributed by atoms with Crippen molar-refractivity contribution in [2.75, 3.05) is 13.2 Å². The summed E-state index contributed by atoms with van der Waals surface area (Å²) in [4.78, 5) is 12.8. The van der Waals surface area contributed by atoms with Gasteiger partial charge in [0.1, 0.15) is 4.90 Å². The molecule has 0 saturated carbocycles. The highest BCUT2D eigenvalue weighted by Crippen LogP contribution is 2.31. The Kier molecular flexibility index (Phi) is 5.63. The van der Waals surface area contributed by atoms with E-state index in [4.69, 9.17) is 16.3 Å². The smallest absolute Gasteiger partial charge is 0.359 e. The third-order valence-electron chi connectivity index (χ3n) is 5.22. The molecule has 0 unspecified atom stereocenters. The number of esters is 1. The van der Waals surface area contributed by atoms with Crippen molar-refractivity contribution in [2.45, 2.75) is 38.6 Å². The third-order valence-corrected chi connectivity index (χ3v) is 7.58. The van der Waals surface area contributed by atoms with E-state index >= 15 is 0 Å². The number of halogens is 1. The van der Waals surface area contributed by atoms with E-state index in [2.05, 4.69) is 15.3 Å². The fourth-order valence-corrected chi connectivity index (χ4v) is 5.67. The van der Waals surface area contributed by atoms with Crippen molar-refractivity contribution in [1.82, 2.24) is 24.3 Å². The van der Waals surface area contributed by atoms with Crippen molar-refractivity contribution < 1.29 is 17.9 Å². The maximum Gasteiger partial charge on any atom is 0.359 e. The number of rotatable bonds is 5. The molecule has 11 heteroatoms. The van der Waals surface area contributed by atoms with Crippen LogP contribution in [-0.2, 0) is 27.7 Å². The molecule has 3 heterocycles. The fourth-order valence-electron chi connectivity index (χ4n) is 3.81. The Balaban J connectivity index is 1.79. The maximum absolute atomic E-state index is 13.3. The molecule has 1 aliphatic rings. The van der Waals surface area contributed by atoms with Crippen LogP contribution in [0.1, 0.15) is 40.1 Å². The van der Waals surface area contributed by atoms with Crippen LogP contribution < -0.4 is 0 Å². The van der Waals surface area contributed by atoms with Crippen molar-refractivity contribution >= 4 is 27.6 Å². The molecule has 9 nitrogen and oxygen atoms in total. The van der Waals surface area contributed by atoms with Gasteiger partial charge >= 0.3 is 5.97 Å². The molecule has 1 aliphatic heterocycles. The lowest BCUT2D eigenvalue weighted by Crippen LogP contribution is -2.37. The van der Waals surface area contributed by atoms with E-state index in [1.807, 2.05) is 0 Å². The summed E-state index contributed by atoms with van der Waals surface area (Å²) in [5.41, 5.74) is 3.05. The van der Waals surface area contributed by atoms with Gasteiger partial charge in [0.25, 0.3) is 0 Å². The van der Waals surface area contributed by atoms with Crippen molar-refractivity contribution in [3.8, 4) is 5.69 Å². The molecule has 1 N–H and O–H groups in total. The highest BCUT2D eigenvalue weighted by Gasteiger charge is 2.36. The van der Waals surface area contributed by atoms with Crippen LogP contribution in [0.5, 0.6) is 0 Å². The molecule has 3 aromatic rings. The zero-order chi connectivity index (χ0) is 22.3. The summed E-state index contributed by atoms with van der Waals surface area (Å²) in [6, 6.07) is 7.07. The van der Waals surface area contributed by atoms with Gasteiger partial charge < -0.3 is 4.74 Å². The molecule has 0 atom stereocenters. The van der Waals surface area contributed by atoms with Crippen LogP contribution in [0, 0.1) is 13.8 Å². The molecule has 0 spiro atoms. The van der Waals surface area contributed by atoms with Crippen LogP contribution in [0.25, 0.3) is 5.69 Å². The Morgan fingerprint density at radius 2 is 1.97 bits per heavy atom. The van der Waals surface area contributed by atoms with Crippen LogP contribution in [-0.4, -0.2) is 51.8 Å². The molecule has 0 bridgehead atoms. The predicted molar refractivity (Wildman–Crippen MR) is 114 cm³/mol. The van der Waals surface area contributed by atoms with Gasteiger partial charge in [-0.2, -0.15) is 14.5 Å². The number of ether oxygens (including phenoxy) is 1. The topological polar surface area (TPSA) is 110 Å². The Labute approximate surface area is 185 Å². The molecule has 0 fully saturated rings. The number of benzene rings is 1. The second-order valence-electron chi connectivity index (χ2n) is 7.23. The van der Waals surface area contributed by atoms with Gasteiger partial charge in [-0.25, -0.2) is 17.9 Å². The molecule has 0 amide bonds. The lowest BCUT2D eigenvalue weighted by molar-refractivity contribution is 0.0517. The first-order valence-electron chi connectivity index (χ1n) is 9.79. The van der Waals surface area contributed by atoms with E-state index in [1.54, 1.807) is 49.7 Å². The van der Waals surface area contributed by atoms with E-state index in [0.29, 0.717) is 28.4 Å². The van der Waals surface area contributed by atoms with Gasteiger partial charge in [-0.1, -0.05) is 11.6 Å². The average Bonchev–Trinajstić information content (AvgIpc) is 3.28. The SMILES string of the molecule is CCOC(=O)c1nn(-c2ccc(Cl)cc2)c2c1CN(S(=O)(=O)c1c(C)n[nH]c1C)CC2. The maximum atomic E-state index is 13.3. The fraction of sp³-hybridized carbons (Fsp3) is 0.350. The number of hydrogen-bond donors (Lipinski definition) is 1. The molecule has 0 saturated heterocycles. The molecular formula is C20H22ClN5O4S. The summed E-state index contributed by atoms with van der Waals surface area (Å²) >= 11 is 6.00. The van der Waals surface area contributed by atoms with Crippen molar-refractivity contribution in [2.24, 2.45) is 0 Å². The number of aryl methyl sites for hydroxylation is 2. The number of nitrogens with one attached hydrogen (secondary N) is 1. The Bertz CT molecular complexity index is 1230. The first-order valence-corrected chi connectivity index (χ1v) is 11.6. The number of aromatic nitrogens is 4. The predicted octanol–water partition coefficient (Wildman–Crippen LogP) is 2.79. The van der Waals surface area contributed by atoms with Crippen LogP contribution in [0.15, 0.2) is 29.2 Å². The van der Waals surface area contributed by atoms with Gasteiger partial charge in [0.05, 0.1) is 29.4 Å². The normalized spacial score (nSPS) is 14.5. The lowest BCUT2D eigenvalue weighted by Gasteiger charge is -2.27. The highest BCUT2D eigenvalue weighted by molar-refractivity contribution is 7.89. The number of nitrogens with zero attached hydrogens (tertiary/aromatic N) is 4. The van der Waals surface area contributed by atoms with Crippen molar-refractivity contribution in [3.05, 3.63) is 57.6 Å². The summed E-state index contributed by atoms with van der Waals surface area (Å²) in [6.07, 6.45) is 0.388. The van der Waals surface area contributed by atoms with Gasteiger partial charge in [0.2, 0.25) is 10.0 Å². The Morgan fingerprint density at radius 1 is 1.26 bits per heavy atom. The minimum atomic E-state index is -3.81. The monoisotopic (exact) mass is 463 g/mol. The number of fused-ring (bicyclic) bond motifs is 1. The molecule has 2 aromatic heterocycles. The first kappa shape index (κ1) is 21.5. The molecule has 1 aromatic carbocycles. The number of carbonyl (C=O) groups excluding carboxylic acids is 1. The summed E-state index contributed by atoms with van der Waals surface area (Å²) in [6.45, 7) is 5.49. The third kappa shape index (κ3) is 3.75. The van der Waals surface area contributed by atoms with E-state index in [9.17, 15) is 13.2 Å². The summed E-state index contributed by atoms with van der Waals surface area (Å²) in [5.74, 6) is -0.582. The average molecular weight is 464 g/mol. The Morgan fingerprint density at radius 3 is 2.58 bits per heavy atom. The summed E-state index contributed by atoms with van der Waals surface area (Å²) in [5, 5.41) is 11.8. The molecule has 0 aliphatic carbocycles. The van der Waals surface area contributed by atoms with Crippen LogP contribution in [0.4, 0.5) is 0 Å². The number of H-pyrrole nitrogens is 1. The Hall–Kier alpha value is -2.69. The minimum absolute atomic E-state index is 0.0173. The largest absolute Gasteiger partial charge is 0.461 e.